The van der Waals surface area contributed by atoms with Gasteiger partial charge in [-0.1, -0.05) is 35.3 Å². The van der Waals surface area contributed by atoms with E-state index < -0.39 is 0 Å². The fourth-order valence-electron chi connectivity index (χ4n) is 3.97. The first-order valence-corrected chi connectivity index (χ1v) is 8.24. The lowest BCUT2D eigenvalue weighted by Gasteiger charge is -2.28. The molecule has 0 aromatic heterocycles. The van der Waals surface area contributed by atoms with Crippen molar-refractivity contribution < 1.29 is 4.79 Å². The number of hydrogen-bond donors (Lipinski definition) is 2. The van der Waals surface area contributed by atoms with Crippen LogP contribution >= 0.6 is 23.2 Å². The van der Waals surface area contributed by atoms with Crippen LogP contribution in [0.25, 0.3) is 0 Å². The summed E-state index contributed by atoms with van der Waals surface area (Å²) in [5.74, 6) is 0.977. The highest BCUT2D eigenvalue weighted by Gasteiger charge is 2.49. The maximum absolute atomic E-state index is 12.6. The van der Waals surface area contributed by atoms with Crippen molar-refractivity contribution in [2.75, 3.05) is 0 Å². The van der Waals surface area contributed by atoms with Crippen LogP contribution in [0.2, 0.25) is 10.0 Å². The molecule has 0 aliphatic heterocycles. The molecule has 0 spiro atoms. The van der Waals surface area contributed by atoms with E-state index in [1.165, 1.54) is 6.42 Å². The van der Waals surface area contributed by atoms with Crippen molar-refractivity contribution in [2.45, 2.75) is 38.3 Å². The minimum Gasteiger partial charge on any atom is -0.349 e. The van der Waals surface area contributed by atoms with Crippen LogP contribution in [-0.2, 0) is 4.79 Å². The van der Waals surface area contributed by atoms with Gasteiger partial charge in [-0.25, -0.2) is 0 Å². The van der Waals surface area contributed by atoms with Gasteiger partial charge < -0.3 is 11.1 Å². The quantitative estimate of drug-likeness (QED) is 0.892. The Morgan fingerprint density at radius 1 is 1.33 bits per heavy atom. The van der Waals surface area contributed by atoms with Crippen LogP contribution in [0.4, 0.5) is 0 Å². The third-order valence-electron chi connectivity index (χ3n) is 5.09. The summed E-state index contributed by atoms with van der Waals surface area (Å²) in [6.45, 7) is 1.92. The van der Waals surface area contributed by atoms with Gasteiger partial charge in [0.05, 0.1) is 22.0 Å². The lowest BCUT2D eigenvalue weighted by atomic mass is 9.84. The van der Waals surface area contributed by atoms with E-state index >= 15 is 0 Å². The molecule has 1 aromatic rings. The molecule has 2 bridgehead atoms. The SMILES string of the molecule is C[C@H](NC(=O)[C@@H]1[C@H]2CC[C@@H](C2)[C@H]1N)c1cccc(Cl)c1Cl. The number of amides is 1. The molecule has 1 amide bonds. The van der Waals surface area contributed by atoms with Gasteiger partial charge in [-0.05, 0) is 49.7 Å². The van der Waals surface area contributed by atoms with Crippen molar-refractivity contribution in [1.82, 2.24) is 5.32 Å². The van der Waals surface area contributed by atoms with E-state index in [0.29, 0.717) is 21.9 Å². The highest BCUT2D eigenvalue weighted by atomic mass is 35.5. The minimum absolute atomic E-state index is 0.00535. The van der Waals surface area contributed by atoms with Crippen molar-refractivity contribution in [3.63, 3.8) is 0 Å². The van der Waals surface area contributed by atoms with Gasteiger partial charge in [0, 0.05) is 6.04 Å². The van der Waals surface area contributed by atoms with Crippen LogP contribution in [0.15, 0.2) is 18.2 Å². The molecule has 114 valence electrons. The first-order valence-electron chi connectivity index (χ1n) is 7.49. The third kappa shape index (κ3) is 2.67. The zero-order chi connectivity index (χ0) is 15.1. The molecule has 1 aromatic carbocycles. The molecule has 0 unspecified atom stereocenters. The fourth-order valence-corrected chi connectivity index (χ4v) is 4.44. The third-order valence-corrected chi connectivity index (χ3v) is 5.92. The number of carbonyl (C=O) groups is 1. The Morgan fingerprint density at radius 2 is 2.05 bits per heavy atom. The molecule has 5 atom stereocenters. The summed E-state index contributed by atoms with van der Waals surface area (Å²) in [5.41, 5.74) is 7.07. The average molecular weight is 327 g/mol. The van der Waals surface area contributed by atoms with Gasteiger partial charge in [0.25, 0.3) is 0 Å². The molecule has 2 aliphatic carbocycles. The van der Waals surface area contributed by atoms with E-state index in [1.807, 2.05) is 19.1 Å². The van der Waals surface area contributed by atoms with E-state index in [1.54, 1.807) is 6.07 Å². The second-order valence-electron chi connectivity index (χ2n) is 6.31. The van der Waals surface area contributed by atoms with Gasteiger partial charge in [-0.15, -0.1) is 0 Å². The summed E-state index contributed by atoms with van der Waals surface area (Å²) in [6.07, 6.45) is 3.40. The number of carbonyl (C=O) groups excluding carboxylic acids is 1. The highest BCUT2D eigenvalue weighted by molar-refractivity contribution is 6.42. The fraction of sp³-hybridized carbons (Fsp3) is 0.562. The van der Waals surface area contributed by atoms with E-state index in [4.69, 9.17) is 28.9 Å². The molecule has 21 heavy (non-hydrogen) atoms. The van der Waals surface area contributed by atoms with Gasteiger partial charge in [0.15, 0.2) is 0 Å². The molecule has 0 heterocycles. The maximum atomic E-state index is 12.6. The molecule has 3 rings (SSSR count). The van der Waals surface area contributed by atoms with E-state index in [9.17, 15) is 4.79 Å². The average Bonchev–Trinajstić information content (AvgIpc) is 3.02. The molecular weight excluding hydrogens is 307 g/mol. The Balaban J connectivity index is 1.71. The zero-order valence-corrected chi connectivity index (χ0v) is 13.5. The zero-order valence-electron chi connectivity index (χ0n) is 12.0. The first-order chi connectivity index (χ1) is 9.99. The molecule has 2 aliphatic rings. The lowest BCUT2D eigenvalue weighted by Crippen LogP contribution is -2.45. The topological polar surface area (TPSA) is 55.1 Å². The van der Waals surface area contributed by atoms with E-state index in [-0.39, 0.29) is 23.9 Å². The molecule has 0 radical (unpaired) electrons. The van der Waals surface area contributed by atoms with Crippen molar-refractivity contribution in [2.24, 2.45) is 23.5 Å². The molecule has 3 nitrogen and oxygen atoms in total. The van der Waals surface area contributed by atoms with Crippen molar-refractivity contribution in [3.05, 3.63) is 33.8 Å². The molecule has 3 N–H and O–H groups in total. The number of halogens is 2. The van der Waals surface area contributed by atoms with Crippen LogP contribution in [0.3, 0.4) is 0 Å². The Morgan fingerprint density at radius 3 is 2.71 bits per heavy atom. The second kappa shape index (κ2) is 5.79. The van der Waals surface area contributed by atoms with Gasteiger partial charge in [0.2, 0.25) is 5.91 Å². The Hall–Kier alpha value is -0.770. The Bertz CT molecular complexity index is 561. The summed E-state index contributed by atoms with van der Waals surface area (Å²) in [6, 6.07) is 5.31. The van der Waals surface area contributed by atoms with Gasteiger partial charge >= 0.3 is 0 Å². The lowest BCUT2D eigenvalue weighted by molar-refractivity contribution is -0.127. The summed E-state index contributed by atoms with van der Waals surface area (Å²) in [5, 5.41) is 4.07. The van der Waals surface area contributed by atoms with Gasteiger partial charge in [-0.3, -0.25) is 4.79 Å². The van der Waals surface area contributed by atoms with Gasteiger partial charge in [0.1, 0.15) is 0 Å². The Labute approximate surface area is 135 Å². The molecule has 0 saturated heterocycles. The van der Waals surface area contributed by atoms with Crippen LogP contribution in [-0.4, -0.2) is 11.9 Å². The molecular formula is C16H20Cl2N2O. The number of benzene rings is 1. The smallest absolute Gasteiger partial charge is 0.225 e. The van der Waals surface area contributed by atoms with Crippen LogP contribution < -0.4 is 11.1 Å². The summed E-state index contributed by atoms with van der Waals surface area (Å²) in [7, 11) is 0. The summed E-state index contributed by atoms with van der Waals surface area (Å²) in [4.78, 5) is 12.6. The number of fused-ring (bicyclic) bond motifs is 2. The van der Waals surface area contributed by atoms with Crippen molar-refractivity contribution >= 4 is 29.1 Å². The highest BCUT2D eigenvalue weighted by Crippen LogP contribution is 2.47. The normalized spacial score (nSPS) is 32.2. The number of nitrogens with two attached hydrogens (primary N) is 1. The monoisotopic (exact) mass is 326 g/mol. The van der Waals surface area contributed by atoms with Crippen LogP contribution in [0.1, 0.15) is 37.8 Å². The van der Waals surface area contributed by atoms with E-state index in [0.717, 1.165) is 18.4 Å². The van der Waals surface area contributed by atoms with Crippen molar-refractivity contribution in [1.29, 1.82) is 0 Å². The number of hydrogen-bond acceptors (Lipinski definition) is 2. The minimum atomic E-state index is -0.171. The van der Waals surface area contributed by atoms with Crippen LogP contribution in [0.5, 0.6) is 0 Å². The first kappa shape index (κ1) is 15.1. The van der Waals surface area contributed by atoms with Gasteiger partial charge in [-0.2, -0.15) is 0 Å². The summed E-state index contributed by atoms with van der Waals surface area (Å²) < 4.78 is 0. The molecule has 2 saturated carbocycles. The van der Waals surface area contributed by atoms with Crippen LogP contribution in [0, 0.1) is 17.8 Å². The van der Waals surface area contributed by atoms with Crippen molar-refractivity contribution in [3.8, 4) is 0 Å². The Kier molecular flexibility index (Phi) is 4.17. The summed E-state index contributed by atoms with van der Waals surface area (Å²) >= 11 is 12.2. The second-order valence-corrected chi connectivity index (χ2v) is 7.09. The standard InChI is InChI=1S/C16H20Cl2N2O/c1-8(11-3-2-4-12(17)14(11)18)20-16(21)13-9-5-6-10(7-9)15(13)19/h2-4,8-10,13,15H,5-7,19H2,1H3,(H,20,21)/t8-,9-,10-,13+,15+/m0/s1. The predicted molar refractivity (Wildman–Crippen MR) is 85.3 cm³/mol. The largest absolute Gasteiger partial charge is 0.349 e. The number of rotatable bonds is 3. The maximum Gasteiger partial charge on any atom is 0.225 e. The predicted octanol–water partition coefficient (Wildman–Crippen LogP) is 3.54. The number of nitrogens with one attached hydrogen (secondary N) is 1. The molecule has 5 heteroatoms. The van der Waals surface area contributed by atoms with E-state index in [2.05, 4.69) is 5.32 Å². The molecule has 2 fully saturated rings.